The molecule has 2 aromatic rings. The van der Waals surface area contributed by atoms with E-state index >= 15 is 0 Å². The lowest BCUT2D eigenvalue weighted by atomic mass is 9.93. The first kappa shape index (κ1) is 13.8. The Morgan fingerprint density at radius 3 is 2.67 bits per heavy atom. The van der Waals surface area contributed by atoms with Crippen molar-refractivity contribution in [1.82, 2.24) is 4.98 Å². The van der Waals surface area contributed by atoms with Gasteiger partial charge in [-0.2, -0.15) is 0 Å². The summed E-state index contributed by atoms with van der Waals surface area (Å²) in [6.07, 6.45) is 0.968. The number of aliphatic hydroxyl groups is 1. The van der Waals surface area contributed by atoms with Gasteiger partial charge in [-0.25, -0.2) is 0 Å². The van der Waals surface area contributed by atoms with Gasteiger partial charge in [-0.05, 0) is 17.7 Å². The zero-order chi connectivity index (χ0) is 13.1. The zero-order valence-corrected chi connectivity index (χ0v) is 11.7. The van der Waals surface area contributed by atoms with Gasteiger partial charge in [0, 0.05) is 18.7 Å². The first-order valence-electron chi connectivity index (χ1n) is 5.35. The molecule has 0 bridgehead atoms. The smallest absolute Gasteiger partial charge is 0.0978 e. The molecular weight excluding hydrogens is 291 g/mol. The number of rotatable bonds is 4. The van der Waals surface area contributed by atoms with E-state index in [1.165, 1.54) is 11.3 Å². The molecule has 0 radical (unpaired) electrons. The molecule has 2 unspecified atom stereocenters. The third-order valence-electron chi connectivity index (χ3n) is 2.75. The summed E-state index contributed by atoms with van der Waals surface area (Å²) >= 11 is 13.3. The van der Waals surface area contributed by atoms with Crippen LogP contribution in [0.25, 0.3) is 0 Å². The van der Waals surface area contributed by atoms with Gasteiger partial charge in [0.2, 0.25) is 0 Å². The minimum Gasteiger partial charge on any atom is -0.387 e. The van der Waals surface area contributed by atoms with E-state index in [4.69, 9.17) is 28.9 Å². The average molecular weight is 303 g/mol. The van der Waals surface area contributed by atoms with Crippen molar-refractivity contribution in [3.63, 3.8) is 0 Å². The van der Waals surface area contributed by atoms with Crippen LogP contribution < -0.4 is 5.73 Å². The van der Waals surface area contributed by atoms with Gasteiger partial charge >= 0.3 is 0 Å². The monoisotopic (exact) mass is 302 g/mol. The van der Waals surface area contributed by atoms with E-state index in [2.05, 4.69) is 4.98 Å². The second-order valence-electron chi connectivity index (χ2n) is 3.86. The van der Waals surface area contributed by atoms with Gasteiger partial charge in [0.25, 0.3) is 0 Å². The predicted molar refractivity (Wildman–Crippen MR) is 75.3 cm³/mol. The van der Waals surface area contributed by atoms with Crippen molar-refractivity contribution in [2.45, 2.75) is 12.0 Å². The normalized spacial score (nSPS) is 14.4. The van der Waals surface area contributed by atoms with Crippen LogP contribution in [0.3, 0.4) is 0 Å². The van der Waals surface area contributed by atoms with Crippen LogP contribution in [0.15, 0.2) is 29.9 Å². The molecule has 0 aliphatic carbocycles. The van der Waals surface area contributed by atoms with Gasteiger partial charge in [-0.15, -0.1) is 11.3 Å². The van der Waals surface area contributed by atoms with Gasteiger partial charge in [-0.1, -0.05) is 29.3 Å². The van der Waals surface area contributed by atoms with Crippen LogP contribution in [0.1, 0.15) is 22.5 Å². The Kier molecular flexibility index (Phi) is 4.59. The summed E-state index contributed by atoms with van der Waals surface area (Å²) in [7, 11) is 0. The summed E-state index contributed by atoms with van der Waals surface area (Å²) in [5.74, 6) is -0.222. The molecule has 1 aromatic carbocycles. The largest absolute Gasteiger partial charge is 0.387 e. The fourth-order valence-electron chi connectivity index (χ4n) is 1.76. The standard InChI is InChI=1S/C12H12Cl2N2OS/c13-9-2-1-7(3-10(9)14)8(4-15)12(17)11-5-16-6-18-11/h1-3,5-6,8,12,17H,4,15H2. The van der Waals surface area contributed by atoms with Crippen LogP contribution in [-0.2, 0) is 0 Å². The highest BCUT2D eigenvalue weighted by Crippen LogP contribution is 2.34. The molecule has 0 saturated heterocycles. The fourth-order valence-corrected chi connectivity index (χ4v) is 2.74. The fraction of sp³-hybridized carbons (Fsp3) is 0.250. The van der Waals surface area contributed by atoms with Gasteiger partial charge in [0.1, 0.15) is 0 Å². The Hall–Kier alpha value is -0.650. The molecule has 3 N–H and O–H groups in total. The van der Waals surface area contributed by atoms with E-state index in [0.717, 1.165) is 10.4 Å². The summed E-state index contributed by atoms with van der Waals surface area (Å²) < 4.78 is 0. The molecule has 0 saturated carbocycles. The quantitative estimate of drug-likeness (QED) is 0.911. The molecule has 0 amide bonds. The third-order valence-corrected chi connectivity index (χ3v) is 4.34. The lowest BCUT2D eigenvalue weighted by molar-refractivity contribution is 0.151. The summed E-state index contributed by atoms with van der Waals surface area (Å²) in [5.41, 5.74) is 8.30. The van der Waals surface area contributed by atoms with Crippen molar-refractivity contribution in [1.29, 1.82) is 0 Å². The topological polar surface area (TPSA) is 59.1 Å². The average Bonchev–Trinajstić information content (AvgIpc) is 2.88. The number of nitrogens with zero attached hydrogens (tertiary/aromatic N) is 1. The number of benzene rings is 1. The van der Waals surface area contributed by atoms with E-state index in [1.807, 2.05) is 6.07 Å². The van der Waals surface area contributed by atoms with Crippen molar-refractivity contribution in [2.24, 2.45) is 5.73 Å². The number of aromatic nitrogens is 1. The van der Waals surface area contributed by atoms with Crippen molar-refractivity contribution >= 4 is 34.5 Å². The number of halogens is 2. The van der Waals surface area contributed by atoms with Crippen LogP contribution in [0, 0.1) is 0 Å². The highest BCUT2D eigenvalue weighted by molar-refractivity contribution is 7.09. The number of hydrogen-bond donors (Lipinski definition) is 2. The number of thiazole rings is 1. The minimum atomic E-state index is -0.681. The summed E-state index contributed by atoms with van der Waals surface area (Å²) in [6, 6.07) is 5.28. The van der Waals surface area contributed by atoms with Gasteiger partial charge < -0.3 is 10.8 Å². The molecule has 0 spiro atoms. The van der Waals surface area contributed by atoms with E-state index in [1.54, 1.807) is 23.8 Å². The van der Waals surface area contributed by atoms with Crippen LogP contribution in [0.4, 0.5) is 0 Å². The third kappa shape index (κ3) is 2.84. The zero-order valence-electron chi connectivity index (χ0n) is 9.38. The molecule has 18 heavy (non-hydrogen) atoms. The highest BCUT2D eigenvalue weighted by atomic mass is 35.5. The van der Waals surface area contributed by atoms with Crippen molar-refractivity contribution < 1.29 is 5.11 Å². The van der Waals surface area contributed by atoms with Crippen molar-refractivity contribution in [3.8, 4) is 0 Å². The Labute approximate surface area is 119 Å². The maximum Gasteiger partial charge on any atom is 0.0978 e. The van der Waals surface area contributed by atoms with Crippen LogP contribution in [-0.4, -0.2) is 16.6 Å². The Bertz CT molecular complexity index is 519. The molecule has 96 valence electrons. The van der Waals surface area contributed by atoms with E-state index in [9.17, 15) is 5.11 Å². The maximum atomic E-state index is 10.3. The Balaban J connectivity index is 2.30. The van der Waals surface area contributed by atoms with Gasteiger partial charge in [-0.3, -0.25) is 4.98 Å². The first-order chi connectivity index (χ1) is 8.63. The molecule has 0 aliphatic heterocycles. The molecular formula is C12H12Cl2N2OS. The summed E-state index contributed by atoms with van der Waals surface area (Å²) in [6.45, 7) is 0.316. The Morgan fingerprint density at radius 2 is 2.11 bits per heavy atom. The van der Waals surface area contributed by atoms with Crippen molar-refractivity contribution in [2.75, 3.05) is 6.54 Å². The molecule has 2 atom stereocenters. The molecule has 0 fully saturated rings. The lowest BCUT2D eigenvalue weighted by Crippen LogP contribution is -2.19. The first-order valence-corrected chi connectivity index (χ1v) is 6.98. The lowest BCUT2D eigenvalue weighted by Gasteiger charge is -2.21. The van der Waals surface area contributed by atoms with E-state index in [-0.39, 0.29) is 5.92 Å². The summed E-state index contributed by atoms with van der Waals surface area (Å²) in [5, 5.41) is 11.2. The van der Waals surface area contributed by atoms with E-state index in [0.29, 0.717) is 16.6 Å². The molecule has 1 heterocycles. The second kappa shape index (κ2) is 5.99. The number of aliphatic hydroxyl groups excluding tert-OH is 1. The van der Waals surface area contributed by atoms with Gasteiger partial charge in [0.15, 0.2) is 0 Å². The SMILES string of the molecule is NCC(c1ccc(Cl)c(Cl)c1)C(O)c1cncs1. The highest BCUT2D eigenvalue weighted by Gasteiger charge is 2.23. The van der Waals surface area contributed by atoms with Crippen LogP contribution in [0.5, 0.6) is 0 Å². The van der Waals surface area contributed by atoms with Crippen molar-refractivity contribution in [3.05, 3.63) is 50.4 Å². The molecule has 6 heteroatoms. The molecule has 3 nitrogen and oxygen atoms in total. The van der Waals surface area contributed by atoms with E-state index < -0.39 is 6.10 Å². The van der Waals surface area contributed by atoms with Crippen LogP contribution >= 0.6 is 34.5 Å². The number of nitrogens with two attached hydrogens (primary N) is 1. The van der Waals surface area contributed by atoms with Crippen LogP contribution in [0.2, 0.25) is 10.0 Å². The molecule has 2 rings (SSSR count). The number of hydrogen-bond acceptors (Lipinski definition) is 4. The van der Waals surface area contributed by atoms with Gasteiger partial charge in [0.05, 0.1) is 26.5 Å². The minimum absolute atomic E-state index is 0.222. The molecule has 1 aromatic heterocycles. The second-order valence-corrected chi connectivity index (χ2v) is 5.60. The molecule has 0 aliphatic rings. The Morgan fingerprint density at radius 1 is 1.33 bits per heavy atom. The maximum absolute atomic E-state index is 10.3. The predicted octanol–water partition coefficient (Wildman–Crippen LogP) is 3.23. The summed E-state index contributed by atoms with van der Waals surface area (Å²) in [4.78, 5) is 4.74.